The fourth-order valence-electron chi connectivity index (χ4n) is 2.52. The Morgan fingerprint density at radius 2 is 1.96 bits per heavy atom. The molecule has 1 amide bonds. The van der Waals surface area contributed by atoms with E-state index in [0.717, 1.165) is 11.1 Å². The van der Waals surface area contributed by atoms with Gasteiger partial charge in [-0.2, -0.15) is 5.10 Å². The average Bonchev–Trinajstić information content (AvgIpc) is 2.93. The minimum Gasteiger partial charge on any atom is -0.465 e. The summed E-state index contributed by atoms with van der Waals surface area (Å²) in [4.78, 5) is 23.2. The average molecular weight is 309 g/mol. The molecule has 0 aliphatic rings. The second-order valence-electron chi connectivity index (χ2n) is 5.08. The number of carbonyl (C=O) groups is 2. The van der Waals surface area contributed by atoms with Crippen LogP contribution < -0.4 is 5.73 Å². The number of fused-ring (bicyclic) bond motifs is 1. The number of para-hydroxylation sites is 1. The van der Waals surface area contributed by atoms with E-state index in [2.05, 4.69) is 5.10 Å². The number of esters is 1. The van der Waals surface area contributed by atoms with Gasteiger partial charge in [0.1, 0.15) is 0 Å². The van der Waals surface area contributed by atoms with E-state index in [0.29, 0.717) is 17.5 Å². The Labute approximate surface area is 132 Å². The highest BCUT2D eigenvalue weighted by Gasteiger charge is 2.15. The Morgan fingerprint density at radius 3 is 2.70 bits per heavy atom. The Kier molecular flexibility index (Phi) is 3.80. The maximum Gasteiger partial charge on any atom is 0.337 e. The van der Waals surface area contributed by atoms with Crippen molar-refractivity contribution in [1.82, 2.24) is 9.78 Å². The number of ether oxygens (including phenoxy) is 1. The van der Waals surface area contributed by atoms with Crippen LogP contribution in [0.3, 0.4) is 0 Å². The van der Waals surface area contributed by atoms with E-state index in [1.807, 2.05) is 30.3 Å². The molecule has 2 N–H and O–H groups in total. The minimum absolute atomic E-state index is 0.240. The molecule has 0 aliphatic heterocycles. The molecule has 6 nitrogen and oxygen atoms in total. The SMILES string of the molecule is COC(=O)c1cccc(Cn2nc(C(N)=O)c3ccccc32)c1. The number of primary amides is 1. The Morgan fingerprint density at radius 1 is 1.17 bits per heavy atom. The zero-order valence-electron chi connectivity index (χ0n) is 12.5. The maximum absolute atomic E-state index is 11.6. The van der Waals surface area contributed by atoms with Crippen LogP contribution in [0.25, 0.3) is 10.9 Å². The number of hydrogen-bond donors (Lipinski definition) is 1. The van der Waals surface area contributed by atoms with Crippen molar-refractivity contribution in [1.29, 1.82) is 0 Å². The lowest BCUT2D eigenvalue weighted by Crippen LogP contribution is -2.13. The van der Waals surface area contributed by atoms with E-state index >= 15 is 0 Å². The van der Waals surface area contributed by atoms with Crippen molar-refractivity contribution in [3.8, 4) is 0 Å². The predicted octanol–water partition coefficient (Wildman–Crippen LogP) is 1.97. The number of amides is 1. The molecule has 0 aliphatic carbocycles. The Balaban J connectivity index is 2.02. The van der Waals surface area contributed by atoms with E-state index in [4.69, 9.17) is 10.5 Å². The summed E-state index contributed by atoms with van der Waals surface area (Å²) in [6.07, 6.45) is 0. The van der Waals surface area contributed by atoms with Gasteiger partial charge in [0.25, 0.3) is 5.91 Å². The van der Waals surface area contributed by atoms with Crippen LogP contribution in [0, 0.1) is 0 Å². The standard InChI is InChI=1S/C17H15N3O3/c1-23-17(22)12-6-4-5-11(9-12)10-20-14-8-3-2-7-13(14)15(19-20)16(18)21/h2-9H,10H2,1H3,(H2,18,21). The van der Waals surface area contributed by atoms with Crippen LogP contribution in [0.1, 0.15) is 26.4 Å². The molecule has 3 aromatic rings. The van der Waals surface area contributed by atoms with Gasteiger partial charge in [0.15, 0.2) is 5.69 Å². The molecule has 1 heterocycles. The van der Waals surface area contributed by atoms with Gasteiger partial charge in [-0.15, -0.1) is 0 Å². The lowest BCUT2D eigenvalue weighted by molar-refractivity contribution is 0.0600. The number of nitrogens with two attached hydrogens (primary N) is 1. The van der Waals surface area contributed by atoms with Crippen molar-refractivity contribution >= 4 is 22.8 Å². The lowest BCUT2D eigenvalue weighted by atomic mass is 10.1. The molecule has 116 valence electrons. The van der Waals surface area contributed by atoms with E-state index in [1.54, 1.807) is 22.9 Å². The normalized spacial score (nSPS) is 10.7. The second kappa shape index (κ2) is 5.92. The summed E-state index contributed by atoms with van der Waals surface area (Å²) in [6, 6.07) is 14.5. The van der Waals surface area contributed by atoms with Gasteiger partial charge >= 0.3 is 5.97 Å². The van der Waals surface area contributed by atoms with Crippen LogP contribution in [-0.2, 0) is 11.3 Å². The molecular formula is C17H15N3O3. The van der Waals surface area contributed by atoms with E-state index in [1.165, 1.54) is 7.11 Å². The summed E-state index contributed by atoms with van der Waals surface area (Å²) in [5.74, 6) is -0.960. The summed E-state index contributed by atoms with van der Waals surface area (Å²) in [5.41, 5.74) is 7.78. The van der Waals surface area contributed by atoms with Crippen LogP contribution >= 0.6 is 0 Å². The first-order valence-electron chi connectivity index (χ1n) is 7.03. The number of rotatable bonds is 4. The van der Waals surface area contributed by atoms with Crippen molar-refractivity contribution in [3.63, 3.8) is 0 Å². The zero-order chi connectivity index (χ0) is 16.4. The molecule has 0 saturated carbocycles. The van der Waals surface area contributed by atoms with Crippen molar-refractivity contribution in [2.75, 3.05) is 7.11 Å². The number of benzene rings is 2. The highest BCUT2D eigenvalue weighted by Crippen LogP contribution is 2.19. The molecular weight excluding hydrogens is 294 g/mol. The minimum atomic E-state index is -0.566. The van der Waals surface area contributed by atoms with Gasteiger partial charge in [0.2, 0.25) is 0 Å². The van der Waals surface area contributed by atoms with Crippen molar-refractivity contribution < 1.29 is 14.3 Å². The van der Waals surface area contributed by atoms with Gasteiger partial charge in [-0.3, -0.25) is 9.48 Å². The first-order chi connectivity index (χ1) is 11.1. The Hall–Kier alpha value is -3.15. The third-order valence-corrected chi connectivity index (χ3v) is 3.57. The molecule has 0 bridgehead atoms. The first kappa shape index (κ1) is 14.8. The van der Waals surface area contributed by atoms with Crippen LogP contribution in [0.15, 0.2) is 48.5 Å². The number of aromatic nitrogens is 2. The molecule has 0 radical (unpaired) electrons. The molecule has 0 atom stereocenters. The topological polar surface area (TPSA) is 87.2 Å². The largest absolute Gasteiger partial charge is 0.465 e. The number of nitrogens with zero attached hydrogens (tertiary/aromatic N) is 2. The number of carbonyl (C=O) groups excluding carboxylic acids is 2. The molecule has 0 spiro atoms. The zero-order valence-corrected chi connectivity index (χ0v) is 12.5. The molecule has 3 rings (SSSR count). The molecule has 0 fully saturated rings. The van der Waals surface area contributed by atoms with E-state index in [-0.39, 0.29) is 5.69 Å². The lowest BCUT2D eigenvalue weighted by Gasteiger charge is -2.06. The molecule has 0 saturated heterocycles. The fourth-order valence-corrected chi connectivity index (χ4v) is 2.52. The second-order valence-corrected chi connectivity index (χ2v) is 5.08. The first-order valence-corrected chi connectivity index (χ1v) is 7.03. The molecule has 0 unspecified atom stereocenters. The van der Waals surface area contributed by atoms with Crippen LogP contribution in [0.5, 0.6) is 0 Å². The molecule has 6 heteroatoms. The maximum atomic E-state index is 11.6. The van der Waals surface area contributed by atoms with Gasteiger partial charge in [-0.1, -0.05) is 30.3 Å². The van der Waals surface area contributed by atoms with Gasteiger partial charge in [0.05, 0.1) is 24.7 Å². The third kappa shape index (κ3) is 2.78. The van der Waals surface area contributed by atoms with Crippen LogP contribution in [-0.4, -0.2) is 28.8 Å². The molecule has 23 heavy (non-hydrogen) atoms. The van der Waals surface area contributed by atoms with Crippen molar-refractivity contribution in [2.24, 2.45) is 5.73 Å². The smallest absolute Gasteiger partial charge is 0.337 e. The number of hydrogen-bond acceptors (Lipinski definition) is 4. The molecule has 2 aromatic carbocycles. The quantitative estimate of drug-likeness (QED) is 0.746. The van der Waals surface area contributed by atoms with Gasteiger partial charge in [0, 0.05) is 5.39 Å². The predicted molar refractivity (Wildman–Crippen MR) is 85.1 cm³/mol. The van der Waals surface area contributed by atoms with Crippen LogP contribution in [0.4, 0.5) is 0 Å². The van der Waals surface area contributed by atoms with E-state index < -0.39 is 11.9 Å². The van der Waals surface area contributed by atoms with Crippen LogP contribution in [0.2, 0.25) is 0 Å². The summed E-state index contributed by atoms with van der Waals surface area (Å²) in [7, 11) is 1.34. The van der Waals surface area contributed by atoms with Crippen molar-refractivity contribution in [3.05, 3.63) is 65.4 Å². The third-order valence-electron chi connectivity index (χ3n) is 3.57. The summed E-state index contributed by atoms with van der Waals surface area (Å²) >= 11 is 0. The van der Waals surface area contributed by atoms with E-state index in [9.17, 15) is 9.59 Å². The van der Waals surface area contributed by atoms with Crippen molar-refractivity contribution in [2.45, 2.75) is 6.54 Å². The highest BCUT2D eigenvalue weighted by molar-refractivity contribution is 6.04. The fraction of sp³-hybridized carbons (Fsp3) is 0.118. The highest BCUT2D eigenvalue weighted by atomic mass is 16.5. The monoisotopic (exact) mass is 309 g/mol. The van der Waals surface area contributed by atoms with Gasteiger partial charge in [-0.05, 0) is 23.8 Å². The summed E-state index contributed by atoms with van der Waals surface area (Å²) < 4.78 is 6.42. The van der Waals surface area contributed by atoms with Gasteiger partial charge < -0.3 is 10.5 Å². The summed E-state index contributed by atoms with van der Waals surface area (Å²) in [6.45, 7) is 0.415. The van der Waals surface area contributed by atoms with Gasteiger partial charge in [-0.25, -0.2) is 4.79 Å². The molecule has 1 aromatic heterocycles. The number of methoxy groups -OCH3 is 1. The Bertz CT molecular complexity index is 899. The summed E-state index contributed by atoms with van der Waals surface area (Å²) in [5, 5.41) is 5.02.